The number of benzene rings is 2. The fourth-order valence-electron chi connectivity index (χ4n) is 9.39. The molecule has 3 saturated carbocycles. The van der Waals surface area contributed by atoms with Crippen LogP contribution in [-0.2, 0) is 11.8 Å². The minimum absolute atomic E-state index is 0.0443. The number of aromatic hydroxyl groups is 1. The molecule has 6 heteroatoms. The van der Waals surface area contributed by atoms with Crippen molar-refractivity contribution in [3.63, 3.8) is 0 Å². The Morgan fingerprint density at radius 3 is 2.62 bits per heavy atom. The molecule has 2 aromatic rings. The van der Waals surface area contributed by atoms with E-state index in [4.69, 9.17) is 4.74 Å². The van der Waals surface area contributed by atoms with Gasteiger partial charge in [-0.25, -0.2) is 0 Å². The normalized spacial score (nSPS) is 39.0. The number of phenols is 1. The van der Waals surface area contributed by atoms with Gasteiger partial charge in [-0.2, -0.15) is 0 Å². The number of nitrogens with zero attached hydrogens (tertiary/aromatic N) is 2. The molecule has 4 fully saturated rings. The molecule has 6 nitrogen and oxygen atoms in total. The van der Waals surface area contributed by atoms with E-state index in [2.05, 4.69) is 11.0 Å². The molecule has 6 aliphatic rings. The summed E-state index contributed by atoms with van der Waals surface area (Å²) in [5.41, 5.74) is 1.36. The number of rotatable bonds is 4. The van der Waals surface area contributed by atoms with Crippen molar-refractivity contribution in [2.45, 2.75) is 80.6 Å². The van der Waals surface area contributed by atoms with Crippen molar-refractivity contribution in [2.75, 3.05) is 20.1 Å². The van der Waals surface area contributed by atoms with E-state index in [1.54, 1.807) is 6.07 Å². The monoisotopic (exact) mass is 500 g/mol. The molecule has 4 aliphatic carbocycles. The number of ether oxygens (including phenoxy) is 1. The Hall–Kier alpha value is -2.57. The number of aliphatic hydroxyl groups is 1. The Morgan fingerprint density at radius 1 is 1.08 bits per heavy atom. The van der Waals surface area contributed by atoms with E-state index < -0.39 is 11.0 Å². The van der Waals surface area contributed by atoms with Crippen LogP contribution in [0.4, 0.5) is 0 Å². The first-order chi connectivity index (χ1) is 17.9. The minimum Gasteiger partial charge on any atom is -0.504 e. The fourth-order valence-corrected chi connectivity index (χ4v) is 9.39. The third kappa shape index (κ3) is 2.66. The SMILES string of the molecule is CN(C(=O)c1ccccc1)[C@H]1CC[C@]12CC[C@@]1(O)[C@H]3Cc4ccc(O)c5c4[C@@]1(CCN3CC1CC1)[C@H]2O5. The number of carbonyl (C=O) groups is 1. The van der Waals surface area contributed by atoms with Gasteiger partial charge in [0.2, 0.25) is 0 Å². The molecule has 1 saturated heterocycles. The maximum Gasteiger partial charge on any atom is 0.253 e. The highest BCUT2D eigenvalue weighted by Gasteiger charge is 2.78. The molecule has 2 spiro atoms. The van der Waals surface area contributed by atoms with Crippen molar-refractivity contribution in [2.24, 2.45) is 11.3 Å². The number of hydrogen-bond donors (Lipinski definition) is 2. The average molecular weight is 501 g/mol. The van der Waals surface area contributed by atoms with Crippen molar-refractivity contribution in [3.8, 4) is 11.5 Å². The summed E-state index contributed by atoms with van der Waals surface area (Å²) in [4.78, 5) is 18.0. The topological polar surface area (TPSA) is 73.2 Å². The lowest BCUT2D eigenvalue weighted by molar-refractivity contribution is -0.242. The van der Waals surface area contributed by atoms with Crippen molar-refractivity contribution in [1.82, 2.24) is 9.80 Å². The summed E-state index contributed by atoms with van der Waals surface area (Å²) in [5.74, 6) is 1.60. The number of piperidine rings is 1. The van der Waals surface area contributed by atoms with E-state index >= 15 is 0 Å². The number of carbonyl (C=O) groups excluding carboxylic acids is 1. The molecule has 2 bridgehead atoms. The van der Waals surface area contributed by atoms with Crippen LogP contribution in [0.3, 0.4) is 0 Å². The van der Waals surface area contributed by atoms with E-state index in [9.17, 15) is 15.0 Å². The third-order valence-corrected chi connectivity index (χ3v) is 11.4. The van der Waals surface area contributed by atoms with Crippen molar-refractivity contribution in [3.05, 3.63) is 59.2 Å². The van der Waals surface area contributed by atoms with E-state index in [-0.39, 0.29) is 35.3 Å². The maximum atomic E-state index is 13.5. The standard InChI is InChI=1S/C31H36N2O4/c1-32(27(35)20-5-3-2-4-6-20)23-11-12-29(23)13-14-31(36)24-17-21-9-10-22(34)26-25(21)30(31,28(29)37-26)15-16-33(24)18-19-7-8-19/h2-6,9-10,19,23-24,28,34,36H,7-8,11-18H2,1H3/t23-,24+,28-,29-,30-,31+/m0/s1. The van der Waals surface area contributed by atoms with Gasteiger partial charge in [0, 0.05) is 42.2 Å². The highest BCUT2D eigenvalue weighted by molar-refractivity contribution is 5.94. The zero-order valence-electron chi connectivity index (χ0n) is 21.5. The number of amides is 1. The highest BCUT2D eigenvalue weighted by Crippen LogP contribution is 2.72. The molecule has 1 amide bonds. The van der Waals surface area contributed by atoms with Crippen LogP contribution in [0.5, 0.6) is 11.5 Å². The molecule has 37 heavy (non-hydrogen) atoms. The highest BCUT2D eigenvalue weighted by atomic mass is 16.5. The van der Waals surface area contributed by atoms with E-state index in [1.165, 1.54) is 18.4 Å². The first-order valence-corrected chi connectivity index (χ1v) is 14.2. The Morgan fingerprint density at radius 2 is 1.89 bits per heavy atom. The van der Waals surface area contributed by atoms with Crippen LogP contribution in [0.15, 0.2) is 42.5 Å². The van der Waals surface area contributed by atoms with Crippen molar-refractivity contribution < 1.29 is 19.7 Å². The summed E-state index contributed by atoms with van der Waals surface area (Å²) >= 11 is 0. The Bertz CT molecular complexity index is 1290. The summed E-state index contributed by atoms with van der Waals surface area (Å²) in [7, 11) is 1.94. The van der Waals surface area contributed by atoms with E-state index in [1.807, 2.05) is 42.3 Å². The van der Waals surface area contributed by atoms with E-state index in [0.717, 1.165) is 63.1 Å². The smallest absolute Gasteiger partial charge is 0.253 e. The predicted octanol–water partition coefficient (Wildman–Crippen LogP) is 3.88. The summed E-state index contributed by atoms with van der Waals surface area (Å²) in [6.07, 6.45) is 7.50. The van der Waals surface area contributed by atoms with Gasteiger partial charge in [0.25, 0.3) is 5.91 Å². The molecule has 0 unspecified atom stereocenters. The van der Waals surface area contributed by atoms with Crippen LogP contribution in [-0.4, -0.2) is 69.8 Å². The summed E-state index contributed by atoms with van der Waals surface area (Å²) in [6, 6.07) is 13.5. The molecule has 194 valence electrons. The van der Waals surface area contributed by atoms with Crippen LogP contribution < -0.4 is 4.74 Å². The van der Waals surface area contributed by atoms with Crippen LogP contribution in [0.1, 0.15) is 66.4 Å². The largest absolute Gasteiger partial charge is 0.504 e. The molecule has 0 aromatic heterocycles. The van der Waals surface area contributed by atoms with Gasteiger partial charge in [0.1, 0.15) is 6.10 Å². The zero-order chi connectivity index (χ0) is 25.2. The summed E-state index contributed by atoms with van der Waals surface area (Å²) in [6.45, 7) is 2.04. The van der Waals surface area contributed by atoms with Crippen LogP contribution in [0.25, 0.3) is 0 Å². The Kier molecular flexibility index (Phi) is 4.42. The van der Waals surface area contributed by atoms with Crippen molar-refractivity contribution >= 4 is 5.91 Å². The van der Waals surface area contributed by atoms with Gasteiger partial charge in [-0.05, 0) is 87.6 Å². The lowest BCUT2D eigenvalue weighted by atomic mass is 9.40. The second-order valence-corrected chi connectivity index (χ2v) is 12.8. The first-order valence-electron chi connectivity index (χ1n) is 14.2. The molecule has 2 N–H and O–H groups in total. The molecular formula is C31H36N2O4. The molecule has 2 aliphatic heterocycles. The van der Waals surface area contributed by atoms with Gasteiger partial charge in [-0.1, -0.05) is 24.3 Å². The molecule has 2 aromatic carbocycles. The number of likely N-dealkylation sites (tertiary alicyclic amines) is 1. The molecular weight excluding hydrogens is 464 g/mol. The van der Waals surface area contributed by atoms with Gasteiger partial charge in [0.15, 0.2) is 11.5 Å². The van der Waals surface area contributed by atoms with Crippen LogP contribution in [0, 0.1) is 11.3 Å². The summed E-state index contributed by atoms with van der Waals surface area (Å²) < 4.78 is 6.86. The molecule has 6 atom stereocenters. The first kappa shape index (κ1) is 22.4. The summed E-state index contributed by atoms with van der Waals surface area (Å²) in [5, 5.41) is 23.7. The van der Waals surface area contributed by atoms with Gasteiger partial charge in [-0.15, -0.1) is 0 Å². The van der Waals surface area contributed by atoms with E-state index in [0.29, 0.717) is 11.3 Å². The number of phenolic OH excluding ortho intramolecular Hbond substituents is 1. The quantitative estimate of drug-likeness (QED) is 0.667. The lowest BCUT2D eigenvalue weighted by Crippen LogP contribution is -2.80. The van der Waals surface area contributed by atoms with Crippen LogP contribution >= 0.6 is 0 Å². The molecule has 0 radical (unpaired) electrons. The van der Waals surface area contributed by atoms with Gasteiger partial charge < -0.3 is 19.8 Å². The maximum absolute atomic E-state index is 13.5. The molecule has 2 heterocycles. The number of fused-ring (bicyclic) bond motifs is 1. The molecule has 8 rings (SSSR count). The Labute approximate surface area is 218 Å². The lowest BCUT2D eigenvalue weighted by Gasteiger charge is -2.70. The van der Waals surface area contributed by atoms with Gasteiger partial charge in [0.05, 0.1) is 11.0 Å². The second kappa shape index (κ2) is 7.29. The van der Waals surface area contributed by atoms with Gasteiger partial charge >= 0.3 is 0 Å². The average Bonchev–Trinajstić information content (AvgIpc) is 3.63. The van der Waals surface area contributed by atoms with Gasteiger partial charge in [-0.3, -0.25) is 9.69 Å². The predicted molar refractivity (Wildman–Crippen MR) is 139 cm³/mol. The number of hydrogen-bond acceptors (Lipinski definition) is 5. The minimum atomic E-state index is -0.885. The van der Waals surface area contributed by atoms with Crippen LogP contribution in [0.2, 0.25) is 0 Å². The fraction of sp³-hybridized carbons (Fsp3) is 0.581. The van der Waals surface area contributed by atoms with Crippen molar-refractivity contribution in [1.29, 1.82) is 0 Å². The zero-order valence-corrected chi connectivity index (χ0v) is 21.5. The second-order valence-electron chi connectivity index (χ2n) is 12.8. The Balaban J connectivity index is 1.23. The third-order valence-electron chi connectivity index (χ3n) is 11.4.